The van der Waals surface area contributed by atoms with E-state index in [9.17, 15) is 4.79 Å². The number of benzene rings is 1. The summed E-state index contributed by atoms with van der Waals surface area (Å²) in [5.74, 6) is 0.110. The summed E-state index contributed by atoms with van der Waals surface area (Å²) >= 11 is 0. The molecule has 1 N–H and O–H groups in total. The lowest BCUT2D eigenvalue weighted by molar-refractivity contribution is -0.123. The number of piperazine rings is 1. The van der Waals surface area contributed by atoms with Gasteiger partial charge in [0.25, 0.3) is 0 Å². The molecule has 134 valence electrons. The molecule has 1 fully saturated rings. The van der Waals surface area contributed by atoms with E-state index in [1.54, 1.807) is 7.11 Å². The van der Waals surface area contributed by atoms with Crippen molar-refractivity contribution in [2.75, 3.05) is 46.4 Å². The van der Waals surface area contributed by atoms with Gasteiger partial charge >= 0.3 is 0 Å². The summed E-state index contributed by atoms with van der Waals surface area (Å²) in [6.07, 6.45) is 0.860. The molecule has 0 aliphatic carbocycles. The Hall–Kier alpha value is -1.43. The summed E-state index contributed by atoms with van der Waals surface area (Å²) < 4.78 is 4.99. The zero-order valence-electron chi connectivity index (χ0n) is 15.3. The summed E-state index contributed by atoms with van der Waals surface area (Å²) in [7, 11) is 1.68. The number of hydrogen-bond acceptors (Lipinski definition) is 4. The van der Waals surface area contributed by atoms with Crippen LogP contribution in [0.5, 0.6) is 0 Å². The van der Waals surface area contributed by atoms with E-state index in [0.29, 0.717) is 19.7 Å². The maximum atomic E-state index is 12.1. The van der Waals surface area contributed by atoms with E-state index in [1.165, 1.54) is 5.56 Å². The Kier molecular flexibility index (Phi) is 7.21. The highest BCUT2D eigenvalue weighted by atomic mass is 16.5. The smallest absolute Gasteiger partial charge is 0.234 e. The molecule has 5 nitrogen and oxygen atoms in total. The lowest BCUT2D eigenvalue weighted by atomic mass is 9.97. The summed E-state index contributed by atoms with van der Waals surface area (Å²) in [6, 6.07) is 10.6. The summed E-state index contributed by atoms with van der Waals surface area (Å²) in [6.45, 7) is 10.2. The van der Waals surface area contributed by atoms with E-state index in [4.69, 9.17) is 4.74 Å². The van der Waals surface area contributed by atoms with Crippen LogP contribution in [0.4, 0.5) is 0 Å². The Bertz CT molecular complexity index is 505. The largest absolute Gasteiger partial charge is 0.385 e. The van der Waals surface area contributed by atoms with Crippen LogP contribution in [0, 0.1) is 0 Å². The highest BCUT2D eigenvalue weighted by molar-refractivity contribution is 5.78. The first-order valence-corrected chi connectivity index (χ1v) is 8.78. The van der Waals surface area contributed by atoms with Gasteiger partial charge in [0.15, 0.2) is 0 Å². The second kappa shape index (κ2) is 9.16. The highest BCUT2D eigenvalue weighted by Gasteiger charge is 2.33. The maximum Gasteiger partial charge on any atom is 0.234 e. The molecular formula is C19H31N3O2. The number of nitrogens with one attached hydrogen (secondary N) is 1. The second-order valence-corrected chi connectivity index (χ2v) is 7.13. The van der Waals surface area contributed by atoms with Crippen molar-refractivity contribution >= 4 is 5.91 Å². The average Bonchev–Trinajstić information content (AvgIpc) is 2.55. The number of rotatable bonds is 8. The van der Waals surface area contributed by atoms with E-state index in [-0.39, 0.29) is 11.4 Å². The van der Waals surface area contributed by atoms with Crippen molar-refractivity contribution in [1.82, 2.24) is 15.1 Å². The fourth-order valence-electron chi connectivity index (χ4n) is 3.23. The molecule has 5 heteroatoms. The average molecular weight is 333 g/mol. The normalized spacial score (nSPS) is 18.5. The van der Waals surface area contributed by atoms with Crippen LogP contribution >= 0.6 is 0 Å². The summed E-state index contributed by atoms with van der Waals surface area (Å²) in [4.78, 5) is 16.8. The molecule has 1 aliphatic heterocycles. The van der Waals surface area contributed by atoms with E-state index in [0.717, 1.165) is 32.6 Å². The van der Waals surface area contributed by atoms with Gasteiger partial charge < -0.3 is 10.1 Å². The lowest BCUT2D eigenvalue weighted by Crippen LogP contribution is -2.59. The Labute approximate surface area is 146 Å². The molecule has 1 aliphatic rings. The topological polar surface area (TPSA) is 44.8 Å². The molecule has 1 saturated heterocycles. The summed E-state index contributed by atoms with van der Waals surface area (Å²) in [5, 5.41) is 2.97. The molecule has 1 aromatic rings. The van der Waals surface area contributed by atoms with Crippen molar-refractivity contribution < 1.29 is 9.53 Å². The molecule has 0 aromatic heterocycles. The van der Waals surface area contributed by atoms with E-state index >= 15 is 0 Å². The number of methoxy groups -OCH3 is 1. The number of ether oxygens (including phenoxy) is 1. The van der Waals surface area contributed by atoms with Gasteiger partial charge in [0.05, 0.1) is 6.54 Å². The van der Waals surface area contributed by atoms with E-state index < -0.39 is 0 Å². The minimum absolute atomic E-state index is 0.0599. The standard InChI is InChI=1S/C19H31N3O2/c1-19(2)16-21(15-18(23)20-10-7-13-24-3)11-12-22(19)14-17-8-5-4-6-9-17/h4-6,8-9H,7,10-16H2,1-3H3,(H,20,23). The number of amides is 1. The monoisotopic (exact) mass is 333 g/mol. The van der Waals surface area contributed by atoms with Gasteiger partial charge in [-0.15, -0.1) is 0 Å². The fraction of sp³-hybridized carbons (Fsp3) is 0.632. The quantitative estimate of drug-likeness (QED) is 0.736. The van der Waals surface area contributed by atoms with Gasteiger partial charge in [-0.1, -0.05) is 30.3 Å². The fourth-order valence-corrected chi connectivity index (χ4v) is 3.23. The second-order valence-electron chi connectivity index (χ2n) is 7.13. The van der Waals surface area contributed by atoms with Gasteiger partial charge in [-0.25, -0.2) is 0 Å². The minimum atomic E-state index is 0.0599. The third-order valence-corrected chi connectivity index (χ3v) is 4.58. The van der Waals surface area contributed by atoms with Gasteiger partial charge in [-0.3, -0.25) is 14.6 Å². The zero-order valence-corrected chi connectivity index (χ0v) is 15.3. The van der Waals surface area contributed by atoms with Gasteiger partial charge in [-0.2, -0.15) is 0 Å². The van der Waals surface area contributed by atoms with Crippen LogP contribution in [0.25, 0.3) is 0 Å². The van der Waals surface area contributed by atoms with Gasteiger partial charge in [0.2, 0.25) is 5.91 Å². The molecule has 0 unspecified atom stereocenters. The Balaban J connectivity index is 1.79. The highest BCUT2D eigenvalue weighted by Crippen LogP contribution is 2.23. The molecule has 1 aromatic carbocycles. The van der Waals surface area contributed by atoms with Crippen LogP contribution in [-0.2, 0) is 16.1 Å². The third kappa shape index (κ3) is 5.89. The molecule has 1 amide bonds. The van der Waals surface area contributed by atoms with Gasteiger partial charge in [0, 0.05) is 52.0 Å². The van der Waals surface area contributed by atoms with Gasteiger partial charge in [0.1, 0.15) is 0 Å². The number of carbonyl (C=O) groups excluding carboxylic acids is 1. The van der Waals surface area contributed by atoms with Crippen LogP contribution in [0.3, 0.4) is 0 Å². The first-order valence-electron chi connectivity index (χ1n) is 8.78. The molecule has 0 saturated carbocycles. The zero-order chi connectivity index (χ0) is 17.4. The predicted molar refractivity (Wildman–Crippen MR) is 96.9 cm³/mol. The van der Waals surface area contributed by atoms with Crippen molar-refractivity contribution in [2.24, 2.45) is 0 Å². The molecule has 0 spiro atoms. The molecule has 0 radical (unpaired) electrons. The molecule has 0 atom stereocenters. The van der Waals surface area contributed by atoms with Crippen molar-refractivity contribution in [2.45, 2.75) is 32.4 Å². The van der Waals surface area contributed by atoms with Crippen LogP contribution in [-0.4, -0.2) is 67.7 Å². The minimum Gasteiger partial charge on any atom is -0.385 e. The molecule has 2 rings (SSSR count). The van der Waals surface area contributed by atoms with E-state index in [1.807, 2.05) is 0 Å². The SMILES string of the molecule is COCCCNC(=O)CN1CCN(Cc2ccccc2)C(C)(C)C1. The summed E-state index contributed by atoms with van der Waals surface area (Å²) in [5.41, 5.74) is 1.40. The van der Waals surface area contributed by atoms with Crippen LogP contribution in [0.15, 0.2) is 30.3 Å². The van der Waals surface area contributed by atoms with Crippen molar-refractivity contribution in [3.63, 3.8) is 0 Å². The van der Waals surface area contributed by atoms with Crippen molar-refractivity contribution in [1.29, 1.82) is 0 Å². The Morgan fingerprint density at radius 2 is 2.00 bits per heavy atom. The van der Waals surface area contributed by atoms with E-state index in [2.05, 4.69) is 59.3 Å². The number of nitrogens with zero attached hydrogens (tertiary/aromatic N) is 2. The van der Waals surface area contributed by atoms with Crippen LogP contribution in [0.1, 0.15) is 25.8 Å². The molecule has 1 heterocycles. The number of carbonyl (C=O) groups is 1. The molecule has 0 bridgehead atoms. The Morgan fingerprint density at radius 3 is 2.67 bits per heavy atom. The molecular weight excluding hydrogens is 302 g/mol. The number of hydrogen-bond donors (Lipinski definition) is 1. The first kappa shape index (κ1) is 18.9. The third-order valence-electron chi connectivity index (χ3n) is 4.58. The van der Waals surface area contributed by atoms with Crippen molar-refractivity contribution in [3.05, 3.63) is 35.9 Å². The lowest BCUT2D eigenvalue weighted by Gasteiger charge is -2.47. The van der Waals surface area contributed by atoms with Crippen molar-refractivity contribution in [3.8, 4) is 0 Å². The predicted octanol–water partition coefficient (Wildman–Crippen LogP) is 1.74. The molecule has 24 heavy (non-hydrogen) atoms. The first-order chi connectivity index (χ1) is 11.5. The Morgan fingerprint density at radius 1 is 1.25 bits per heavy atom. The van der Waals surface area contributed by atoms with Crippen LogP contribution < -0.4 is 5.32 Å². The van der Waals surface area contributed by atoms with Gasteiger partial charge in [-0.05, 0) is 25.8 Å². The van der Waals surface area contributed by atoms with Crippen LogP contribution in [0.2, 0.25) is 0 Å². The maximum absolute atomic E-state index is 12.1.